The van der Waals surface area contributed by atoms with Crippen molar-refractivity contribution in [1.82, 2.24) is 9.21 Å². The van der Waals surface area contributed by atoms with E-state index in [1.54, 1.807) is 11.0 Å². The molecule has 26 heavy (non-hydrogen) atoms. The molecule has 0 bridgehead atoms. The zero-order chi connectivity index (χ0) is 19.5. The van der Waals surface area contributed by atoms with Gasteiger partial charge >= 0.3 is 0 Å². The van der Waals surface area contributed by atoms with Crippen LogP contribution in [0.15, 0.2) is 23.1 Å². The molecule has 0 unspecified atom stereocenters. The zero-order valence-electron chi connectivity index (χ0n) is 15.1. The smallest absolute Gasteiger partial charge is 0.279 e. The van der Waals surface area contributed by atoms with E-state index in [1.165, 1.54) is 33.2 Å². The Hall–Kier alpha value is -1.68. The number of amides is 2. The average Bonchev–Trinajstić information content (AvgIpc) is 2.56. The van der Waals surface area contributed by atoms with Gasteiger partial charge in [-0.15, -0.1) is 0 Å². The Labute approximate surface area is 158 Å². The van der Waals surface area contributed by atoms with Crippen LogP contribution in [0, 0.1) is 0 Å². The van der Waals surface area contributed by atoms with Crippen molar-refractivity contribution >= 4 is 39.1 Å². The lowest BCUT2D eigenvalue weighted by Gasteiger charge is -2.31. The molecule has 2 amide bonds. The molecule has 2 rings (SSSR count). The van der Waals surface area contributed by atoms with E-state index >= 15 is 0 Å². The topological polar surface area (TPSA) is 91.2 Å². The van der Waals surface area contributed by atoms with Crippen LogP contribution < -0.4 is 10.2 Å². The first-order valence-corrected chi connectivity index (χ1v) is 10.0. The molecule has 0 atom stereocenters. The summed E-state index contributed by atoms with van der Waals surface area (Å²) in [5.41, 5.74) is 0.376. The molecule has 1 heterocycles. The fourth-order valence-electron chi connectivity index (χ4n) is 2.72. The number of rotatable bonds is 5. The molecule has 0 aromatic heterocycles. The van der Waals surface area contributed by atoms with E-state index in [0.29, 0.717) is 31.9 Å². The fourth-order valence-corrected chi connectivity index (χ4v) is 4.12. The predicted octanol–water partition coefficient (Wildman–Crippen LogP) is -0.724. The quantitative estimate of drug-likeness (QED) is 0.678. The molecule has 144 valence electrons. The number of hydrogen-bond donors (Lipinski definition) is 2. The van der Waals surface area contributed by atoms with E-state index in [4.69, 9.17) is 11.6 Å². The number of carbonyl (C=O) groups excluding carboxylic acids is 2. The molecule has 1 saturated heterocycles. The summed E-state index contributed by atoms with van der Waals surface area (Å²) in [6.45, 7) is 4.46. The highest BCUT2D eigenvalue weighted by Gasteiger charge is 2.24. The van der Waals surface area contributed by atoms with Crippen molar-refractivity contribution in [3.63, 3.8) is 0 Å². The van der Waals surface area contributed by atoms with Crippen molar-refractivity contribution in [2.24, 2.45) is 0 Å². The van der Waals surface area contributed by atoms with Crippen molar-refractivity contribution in [1.29, 1.82) is 0 Å². The van der Waals surface area contributed by atoms with Crippen LogP contribution in [0.4, 0.5) is 5.69 Å². The van der Waals surface area contributed by atoms with Gasteiger partial charge < -0.3 is 15.1 Å². The molecule has 1 fully saturated rings. The van der Waals surface area contributed by atoms with Crippen LogP contribution in [-0.2, 0) is 19.6 Å². The third kappa shape index (κ3) is 4.94. The lowest BCUT2D eigenvalue weighted by Crippen LogP contribution is -3.15. The standard InChI is InChI=1S/C16H23ClN4O4S/c1-12(22)21-8-6-20(7-9-21)11-16(23)18-13-4-5-14(17)15(10-13)26(24,25)19(2)3/h4-5,10H,6-9,11H2,1-3H3,(H,18,23)/p+1. The van der Waals surface area contributed by atoms with Crippen LogP contribution in [0.2, 0.25) is 5.02 Å². The van der Waals surface area contributed by atoms with Gasteiger partial charge in [0.2, 0.25) is 15.9 Å². The Kier molecular flexibility index (Phi) is 6.62. The van der Waals surface area contributed by atoms with Gasteiger partial charge in [0.1, 0.15) is 4.90 Å². The number of anilines is 1. The van der Waals surface area contributed by atoms with E-state index in [9.17, 15) is 18.0 Å². The Bertz CT molecular complexity index is 789. The van der Waals surface area contributed by atoms with Crippen LogP contribution in [0.5, 0.6) is 0 Å². The van der Waals surface area contributed by atoms with Crippen LogP contribution in [0.25, 0.3) is 0 Å². The monoisotopic (exact) mass is 403 g/mol. The predicted molar refractivity (Wildman–Crippen MR) is 98.8 cm³/mol. The van der Waals surface area contributed by atoms with Gasteiger partial charge in [-0.05, 0) is 18.2 Å². The highest BCUT2D eigenvalue weighted by atomic mass is 35.5. The number of sulfonamides is 1. The van der Waals surface area contributed by atoms with Crippen LogP contribution in [-0.4, -0.2) is 76.3 Å². The fraction of sp³-hybridized carbons (Fsp3) is 0.500. The van der Waals surface area contributed by atoms with Crippen molar-refractivity contribution in [2.75, 3.05) is 52.1 Å². The normalized spacial score (nSPS) is 16.0. The molecule has 10 heteroatoms. The van der Waals surface area contributed by atoms with Gasteiger partial charge in [-0.3, -0.25) is 9.59 Å². The molecule has 0 aliphatic carbocycles. The summed E-state index contributed by atoms with van der Waals surface area (Å²) >= 11 is 6.00. The maximum atomic E-state index is 12.3. The van der Waals surface area contributed by atoms with Gasteiger partial charge in [-0.1, -0.05) is 11.6 Å². The second kappa shape index (κ2) is 8.34. The molecule has 1 aromatic rings. The first kappa shape index (κ1) is 20.6. The molecule has 8 nitrogen and oxygen atoms in total. The number of carbonyl (C=O) groups is 2. The van der Waals surface area contributed by atoms with Gasteiger partial charge in [-0.2, -0.15) is 0 Å². The Morgan fingerprint density at radius 1 is 1.27 bits per heavy atom. The minimum atomic E-state index is -3.70. The summed E-state index contributed by atoms with van der Waals surface area (Å²) < 4.78 is 25.6. The maximum Gasteiger partial charge on any atom is 0.279 e. The highest BCUT2D eigenvalue weighted by Crippen LogP contribution is 2.26. The first-order chi connectivity index (χ1) is 12.1. The van der Waals surface area contributed by atoms with Crippen LogP contribution in [0.1, 0.15) is 6.92 Å². The first-order valence-electron chi connectivity index (χ1n) is 8.22. The van der Waals surface area contributed by atoms with Crippen LogP contribution >= 0.6 is 11.6 Å². The summed E-state index contributed by atoms with van der Waals surface area (Å²) in [5.74, 6) is -0.170. The Balaban J connectivity index is 2.01. The van der Waals surface area contributed by atoms with Gasteiger partial charge in [0.25, 0.3) is 5.91 Å². The number of nitrogens with zero attached hydrogens (tertiary/aromatic N) is 2. The molecule has 0 spiro atoms. The van der Waals surface area contributed by atoms with E-state index in [0.717, 1.165) is 9.21 Å². The summed E-state index contributed by atoms with van der Waals surface area (Å²) in [6, 6.07) is 4.38. The molecule has 1 aliphatic heterocycles. The lowest BCUT2D eigenvalue weighted by atomic mass is 10.3. The number of nitrogens with one attached hydrogen (secondary N) is 2. The molecule has 1 aromatic carbocycles. The average molecular weight is 404 g/mol. The van der Waals surface area contributed by atoms with Gasteiger partial charge in [0, 0.05) is 26.7 Å². The summed E-state index contributed by atoms with van der Waals surface area (Å²) in [4.78, 5) is 26.4. The second-order valence-electron chi connectivity index (χ2n) is 6.41. The second-order valence-corrected chi connectivity index (χ2v) is 8.94. The highest BCUT2D eigenvalue weighted by molar-refractivity contribution is 7.89. The summed E-state index contributed by atoms with van der Waals surface area (Å²) in [7, 11) is -0.865. The Morgan fingerprint density at radius 3 is 2.42 bits per heavy atom. The Morgan fingerprint density at radius 2 is 1.88 bits per heavy atom. The number of benzene rings is 1. The van der Waals surface area contributed by atoms with Gasteiger partial charge in [0.15, 0.2) is 6.54 Å². The SMILES string of the molecule is CC(=O)N1CC[NH+](CC(=O)Nc2ccc(Cl)c(S(=O)(=O)N(C)C)c2)CC1. The molecule has 0 saturated carbocycles. The maximum absolute atomic E-state index is 12.3. The van der Waals surface area contributed by atoms with E-state index in [2.05, 4.69) is 5.32 Å². The van der Waals surface area contributed by atoms with Crippen molar-refractivity contribution in [2.45, 2.75) is 11.8 Å². The number of hydrogen-bond acceptors (Lipinski definition) is 4. The van der Waals surface area contributed by atoms with E-state index in [-0.39, 0.29) is 28.3 Å². The molecule has 0 radical (unpaired) electrons. The number of halogens is 1. The number of piperazine rings is 1. The minimum absolute atomic E-state index is 0.0456. The van der Waals surface area contributed by atoms with Crippen molar-refractivity contribution in [3.8, 4) is 0 Å². The van der Waals surface area contributed by atoms with E-state index in [1.807, 2.05) is 0 Å². The summed E-state index contributed by atoms with van der Waals surface area (Å²) in [6.07, 6.45) is 0. The van der Waals surface area contributed by atoms with Crippen LogP contribution in [0.3, 0.4) is 0 Å². The molecule has 1 aliphatic rings. The van der Waals surface area contributed by atoms with Crippen molar-refractivity contribution < 1.29 is 22.9 Å². The van der Waals surface area contributed by atoms with Gasteiger partial charge in [0.05, 0.1) is 31.2 Å². The third-order valence-electron chi connectivity index (χ3n) is 4.30. The minimum Gasteiger partial charge on any atom is -0.332 e. The largest absolute Gasteiger partial charge is 0.332 e. The van der Waals surface area contributed by atoms with Gasteiger partial charge in [-0.25, -0.2) is 12.7 Å². The van der Waals surface area contributed by atoms with E-state index < -0.39 is 10.0 Å². The van der Waals surface area contributed by atoms with Crippen molar-refractivity contribution in [3.05, 3.63) is 23.2 Å². The molecule has 2 N–H and O–H groups in total. The summed E-state index contributed by atoms with van der Waals surface area (Å²) in [5, 5.41) is 2.82. The number of quaternary nitrogens is 1. The molecular formula is C16H24ClN4O4S+. The molecular weight excluding hydrogens is 380 g/mol. The zero-order valence-corrected chi connectivity index (χ0v) is 16.7. The lowest BCUT2D eigenvalue weighted by molar-refractivity contribution is -0.895. The third-order valence-corrected chi connectivity index (χ3v) is 6.60.